The van der Waals surface area contributed by atoms with Crippen molar-refractivity contribution in [1.82, 2.24) is 5.32 Å². The number of alkyl halides is 1. The molecule has 0 heterocycles. The van der Waals surface area contributed by atoms with Crippen molar-refractivity contribution in [3.8, 4) is 5.75 Å². The molecule has 1 aliphatic rings. The number of carbonyl (C=O) groups is 1. The van der Waals surface area contributed by atoms with E-state index in [9.17, 15) is 4.79 Å². The van der Waals surface area contributed by atoms with Crippen LogP contribution < -0.4 is 10.1 Å². The third-order valence-electron chi connectivity index (χ3n) is 4.07. The van der Waals surface area contributed by atoms with Crippen LogP contribution in [-0.4, -0.2) is 25.4 Å². The van der Waals surface area contributed by atoms with Crippen molar-refractivity contribution in [1.29, 1.82) is 0 Å². The zero-order valence-electron chi connectivity index (χ0n) is 11.9. The molecule has 1 aliphatic carbocycles. The van der Waals surface area contributed by atoms with Crippen LogP contribution in [0.2, 0.25) is 0 Å². The standard InChI is InChI=1S/C16H22ClNO2/c1-20-15-7-2-4-12(8-15)9-16(19)18-11-14-6-3-5-13(14)10-17/h2,4,7-8,13-14H,3,5-6,9-11H2,1H3,(H,18,19). The monoisotopic (exact) mass is 295 g/mol. The SMILES string of the molecule is COc1cccc(CC(=O)NCC2CCCC2CCl)c1. The molecule has 110 valence electrons. The van der Waals surface area contributed by atoms with E-state index in [0.29, 0.717) is 24.1 Å². The van der Waals surface area contributed by atoms with Crippen LogP contribution in [-0.2, 0) is 11.2 Å². The Kier molecular flexibility index (Phi) is 5.72. The summed E-state index contributed by atoms with van der Waals surface area (Å²) < 4.78 is 5.16. The number of halogens is 1. The summed E-state index contributed by atoms with van der Waals surface area (Å²) >= 11 is 5.95. The van der Waals surface area contributed by atoms with Gasteiger partial charge in [-0.05, 0) is 42.4 Å². The summed E-state index contributed by atoms with van der Waals surface area (Å²) in [5.74, 6) is 2.67. The number of ether oxygens (including phenoxy) is 1. The Balaban J connectivity index is 1.80. The lowest BCUT2D eigenvalue weighted by atomic mass is 9.98. The maximum absolute atomic E-state index is 12.0. The van der Waals surface area contributed by atoms with Crippen molar-refractivity contribution in [2.24, 2.45) is 11.8 Å². The molecule has 2 atom stereocenters. The number of amides is 1. The lowest BCUT2D eigenvalue weighted by molar-refractivity contribution is -0.120. The molecule has 1 saturated carbocycles. The molecule has 0 bridgehead atoms. The van der Waals surface area contributed by atoms with Crippen LogP contribution >= 0.6 is 11.6 Å². The second-order valence-electron chi connectivity index (χ2n) is 5.44. The second kappa shape index (κ2) is 7.53. The highest BCUT2D eigenvalue weighted by Gasteiger charge is 2.26. The molecular weight excluding hydrogens is 274 g/mol. The lowest BCUT2D eigenvalue weighted by Gasteiger charge is -2.17. The van der Waals surface area contributed by atoms with Crippen molar-refractivity contribution in [2.75, 3.05) is 19.5 Å². The Bertz CT molecular complexity index is 450. The van der Waals surface area contributed by atoms with E-state index in [4.69, 9.17) is 16.3 Å². The van der Waals surface area contributed by atoms with Crippen LogP contribution in [0.25, 0.3) is 0 Å². The zero-order chi connectivity index (χ0) is 14.4. The van der Waals surface area contributed by atoms with Gasteiger partial charge in [-0.25, -0.2) is 0 Å². The van der Waals surface area contributed by atoms with Crippen LogP contribution in [0.5, 0.6) is 5.75 Å². The Morgan fingerprint density at radius 3 is 2.95 bits per heavy atom. The zero-order valence-corrected chi connectivity index (χ0v) is 12.7. The third kappa shape index (κ3) is 4.14. The first-order valence-corrected chi connectivity index (χ1v) is 7.72. The van der Waals surface area contributed by atoms with E-state index in [0.717, 1.165) is 17.9 Å². The summed E-state index contributed by atoms with van der Waals surface area (Å²) in [4.78, 5) is 12.0. The van der Waals surface area contributed by atoms with Crippen LogP contribution in [0.15, 0.2) is 24.3 Å². The van der Waals surface area contributed by atoms with Crippen molar-refractivity contribution in [2.45, 2.75) is 25.7 Å². The van der Waals surface area contributed by atoms with E-state index in [-0.39, 0.29) is 5.91 Å². The van der Waals surface area contributed by atoms with Gasteiger partial charge < -0.3 is 10.1 Å². The van der Waals surface area contributed by atoms with Gasteiger partial charge in [0.15, 0.2) is 0 Å². The first-order chi connectivity index (χ1) is 9.72. The maximum atomic E-state index is 12.0. The molecule has 0 saturated heterocycles. The second-order valence-corrected chi connectivity index (χ2v) is 5.75. The molecule has 0 aliphatic heterocycles. The summed E-state index contributed by atoms with van der Waals surface area (Å²) in [5.41, 5.74) is 0.974. The third-order valence-corrected chi connectivity index (χ3v) is 4.47. The van der Waals surface area contributed by atoms with Gasteiger partial charge in [0.25, 0.3) is 0 Å². The Labute approximate surface area is 125 Å². The van der Waals surface area contributed by atoms with E-state index in [1.54, 1.807) is 7.11 Å². The minimum absolute atomic E-state index is 0.0680. The Hall–Kier alpha value is -1.22. The molecule has 20 heavy (non-hydrogen) atoms. The average Bonchev–Trinajstić information content (AvgIpc) is 2.93. The first kappa shape index (κ1) is 15.2. The normalized spacial score (nSPS) is 21.7. The fourth-order valence-electron chi connectivity index (χ4n) is 2.86. The lowest BCUT2D eigenvalue weighted by Crippen LogP contribution is -2.32. The van der Waals surface area contributed by atoms with Crippen LogP contribution in [0, 0.1) is 11.8 Å². The van der Waals surface area contributed by atoms with Crippen molar-refractivity contribution in [3.63, 3.8) is 0 Å². The van der Waals surface area contributed by atoms with Gasteiger partial charge >= 0.3 is 0 Å². The molecule has 1 amide bonds. The van der Waals surface area contributed by atoms with E-state index < -0.39 is 0 Å². The number of rotatable bonds is 6. The molecule has 1 N–H and O–H groups in total. The summed E-state index contributed by atoms with van der Waals surface area (Å²) in [6.45, 7) is 0.750. The average molecular weight is 296 g/mol. The number of nitrogens with one attached hydrogen (secondary N) is 1. The molecule has 1 fully saturated rings. The summed E-state index contributed by atoms with van der Waals surface area (Å²) in [6, 6.07) is 7.63. The molecule has 1 aromatic rings. The minimum atomic E-state index is 0.0680. The van der Waals surface area contributed by atoms with Gasteiger partial charge in [0.1, 0.15) is 5.75 Å². The number of methoxy groups -OCH3 is 1. The van der Waals surface area contributed by atoms with Gasteiger partial charge in [-0.1, -0.05) is 18.6 Å². The molecular formula is C16H22ClNO2. The van der Waals surface area contributed by atoms with Crippen molar-refractivity contribution in [3.05, 3.63) is 29.8 Å². The fourth-order valence-corrected chi connectivity index (χ4v) is 3.27. The number of hydrogen-bond acceptors (Lipinski definition) is 2. The van der Waals surface area contributed by atoms with Gasteiger partial charge in [-0.2, -0.15) is 0 Å². The van der Waals surface area contributed by atoms with E-state index >= 15 is 0 Å². The molecule has 2 unspecified atom stereocenters. The molecule has 0 radical (unpaired) electrons. The Morgan fingerprint density at radius 1 is 1.40 bits per heavy atom. The van der Waals surface area contributed by atoms with Crippen LogP contribution in [0.4, 0.5) is 0 Å². The van der Waals surface area contributed by atoms with Crippen LogP contribution in [0.3, 0.4) is 0 Å². The number of carbonyl (C=O) groups excluding carboxylic acids is 1. The van der Waals surface area contributed by atoms with Crippen molar-refractivity contribution < 1.29 is 9.53 Å². The highest BCUT2D eigenvalue weighted by atomic mass is 35.5. The van der Waals surface area contributed by atoms with Gasteiger partial charge in [0.2, 0.25) is 5.91 Å². The topological polar surface area (TPSA) is 38.3 Å². The van der Waals surface area contributed by atoms with Gasteiger partial charge in [-0.15, -0.1) is 11.6 Å². The first-order valence-electron chi connectivity index (χ1n) is 7.18. The fraction of sp³-hybridized carbons (Fsp3) is 0.562. The van der Waals surface area contributed by atoms with Gasteiger partial charge in [-0.3, -0.25) is 4.79 Å². The van der Waals surface area contributed by atoms with Gasteiger partial charge in [0, 0.05) is 12.4 Å². The summed E-state index contributed by atoms with van der Waals surface area (Å²) in [7, 11) is 1.63. The molecule has 4 heteroatoms. The highest BCUT2D eigenvalue weighted by Crippen LogP contribution is 2.31. The minimum Gasteiger partial charge on any atom is -0.497 e. The van der Waals surface area contributed by atoms with Gasteiger partial charge in [0.05, 0.1) is 13.5 Å². The van der Waals surface area contributed by atoms with E-state index in [1.165, 1.54) is 19.3 Å². The highest BCUT2D eigenvalue weighted by molar-refractivity contribution is 6.18. The smallest absolute Gasteiger partial charge is 0.224 e. The maximum Gasteiger partial charge on any atom is 0.224 e. The number of benzene rings is 1. The largest absolute Gasteiger partial charge is 0.497 e. The summed E-state index contributed by atoms with van der Waals surface area (Å²) in [6.07, 6.45) is 4.00. The molecule has 1 aromatic carbocycles. The van der Waals surface area contributed by atoms with E-state index in [2.05, 4.69) is 5.32 Å². The van der Waals surface area contributed by atoms with Crippen molar-refractivity contribution >= 4 is 17.5 Å². The molecule has 2 rings (SSSR count). The van der Waals surface area contributed by atoms with Crippen LogP contribution in [0.1, 0.15) is 24.8 Å². The molecule has 3 nitrogen and oxygen atoms in total. The predicted molar refractivity (Wildman–Crippen MR) is 81.3 cm³/mol. The van der Waals surface area contributed by atoms with E-state index in [1.807, 2.05) is 24.3 Å². The molecule has 0 spiro atoms. The Morgan fingerprint density at radius 2 is 2.20 bits per heavy atom. The summed E-state index contributed by atoms with van der Waals surface area (Å²) in [5, 5.41) is 3.04. The number of hydrogen-bond donors (Lipinski definition) is 1. The quantitative estimate of drug-likeness (QED) is 0.819. The predicted octanol–water partition coefficient (Wildman–Crippen LogP) is 3.01. The molecule has 0 aromatic heterocycles.